The molecule has 1 aromatic heterocycles. The molecule has 0 aliphatic carbocycles. The van der Waals surface area contributed by atoms with Crippen LogP contribution in [0.2, 0.25) is 0 Å². The summed E-state index contributed by atoms with van der Waals surface area (Å²) in [6.45, 7) is 3.12. The molecule has 3 amide bonds. The van der Waals surface area contributed by atoms with Gasteiger partial charge in [0.25, 0.3) is 0 Å². The summed E-state index contributed by atoms with van der Waals surface area (Å²) in [6.07, 6.45) is 4.32. The number of nitrogens with zero attached hydrogens (tertiary/aromatic N) is 1. The van der Waals surface area contributed by atoms with E-state index in [0.717, 1.165) is 50.2 Å². The average molecular weight is 370 g/mol. The van der Waals surface area contributed by atoms with E-state index in [0.29, 0.717) is 12.2 Å². The molecule has 144 valence electrons. The van der Waals surface area contributed by atoms with Crippen molar-refractivity contribution in [1.29, 1.82) is 0 Å². The van der Waals surface area contributed by atoms with Crippen LogP contribution in [0.4, 0.5) is 10.5 Å². The molecule has 7 heteroatoms. The molecule has 27 heavy (non-hydrogen) atoms. The Morgan fingerprint density at radius 2 is 2.15 bits per heavy atom. The van der Waals surface area contributed by atoms with Gasteiger partial charge in [-0.25, -0.2) is 4.79 Å². The number of urea groups is 1. The molecule has 7 nitrogen and oxygen atoms in total. The van der Waals surface area contributed by atoms with E-state index >= 15 is 0 Å². The highest BCUT2D eigenvalue weighted by Gasteiger charge is 2.23. The number of rotatable bonds is 7. The molecular formula is C20H26N4O3. The summed E-state index contributed by atoms with van der Waals surface area (Å²) >= 11 is 0. The minimum atomic E-state index is -0.236. The van der Waals surface area contributed by atoms with Crippen molar-refractivity contribution in [1.82, 2.24) is 10.2 Å². The van der Waals surface area contributed by atoms with Crippen molar-refractivity contribution in [3.8, 4) is 11.3 Å². The lowest BCUT2D eigenvalue weighted by atomic mass is 9.97. The van der Waals surface area contributed by atoms with E-state index in [9.17, 15) is 9.59 Å². The molecule has 0 radical (unpaired) electrons. The second kappa shape index (κ2) is 9.23. The van der Waals surface area contributed by atoms with Gasteiger partial charge in [0.2, 0.25) is 5.91 Å². The van der Waals surface area contributed by atoms with Crippen LogP contribution in [0.5, 0.6) is 0 Å². The number of piperidine rings is 1. The van der Waals surface area contributed by atoms with Gasteiger partial charge in [-0.15, -0.1) is 0 Å². The second-order valence-corrected chi connectivity index (χ2v) is 6.83. The Hall–Kier alpha value is -2.80. The van der Waals surface area contributed by atoms with E-state index in [2.05, 4.69) is 15.5 Å². The van der Waals surface area contributed by atoms with Gasteiger partial charge in [-0.05, 0) is 56.6 Å². The number of hydrogen-bond donors (Lipinski definition) is 3. The lowest BCUT2D eigenvalue weighted by Crippen LogP contribution is -2.42. The molecule has 2 aromatic rings. The topological polar surface area (TPSA) is 101 Å². The summed E-state index contributed by atoms with van der Waals surface area (Å²) in [4.78, 5) is 25.6. The monoisotopic (exact) mass is 370 g/mol. The van der Waals surface area contributed by atoms with Gasteiger partial charge in [0.15, 0.2) is 0 Å². The predicted molar refractivity (Wildman–Crippen MR) is 104 cm³/mol. The lowest BCUT2D eigenvalue weighted by Gasteiger charge is -2.31. The van der Waals surface area contributed by atoms with Crippen molar-refractivity contribution in [2.75, 3.05) is 31.5 Å². The number of hydrogen-bond acceptors (Lipinski definition) is 4. The first-order chi connectivity index (χ1) is 13.1. The highest BCUT2D eigenvalue weighted by Crippen LogP contribution is 2.22. The number of benzene rings is 1. The fourth-order valence-electron chi connectivity index (χ4n) is 3.36. The van der Waals surface area contributed by atoms with E-state index in [1.165, 1.54) is 0 Å². The van der Waals surface area contributed by atoms with Crippen molar-refractivity contribution >= 4 is 17.6 Å². The van der Waals surface area contributed by atoms with Gasteiger partial charge in [-0.2, -0.15) is 0 Å². The molecule has 0 unspecified atom stereocenters. The van der Waals surface area contributed by atoms with E-state index in [1.807, 2.05) is 36.4 Å². The summed E-state index contributed by atoms with van der Waals surface area (Å²) in [6, 6.07) is 11.0. The molecule has 1 aliphatic heterocycles. The van der Waals surface area contributed by atoms with E-state index < -0.39 is 0 Å². The van der Waals surface area contributed by atoms with Gasteiger partial charge in [0, 0.05) is 24.3 Å². The minimum Gasteiger partial charge on any atom is -0.464 e. The van der Waals surface area contributed by atoms with Crippen LogP contribution in [0.15, 0.2) is 47.1 Å². The number of carbonyl (C=O) groups is 2. The normalized spacial score (nSPS) is 17.4. The smallest absolute Gasteiger partial charge is 0.319 e. The first kappa shape index (κ1) is 19.0. The second-order valence-electron chi connectivity index (χ2n) is 6.83. The van der Waals surface area contributed by atoms with Crippen LogP contribution in [0.1, 0.15) is 19.3 Å². The summed E-state index contributed by atoms with van der Waals surface area (Å²) < 4.78 is 5.38. The van der Waals surface area contributed by atoms with Gasteiger partial charge in [0.05, 0.1) is 12.2 Å². The first-order valence-corrected chi connectivity index (χ1v) is 9.32. The number of likely N-dealkylation sites (tertiary alicyclic amines) is 1. The summed E-state index contributed by atoms with van der Waals surface area (Å²) in [5.74, 6) is 0.500. The van der Waals surface area contributed by atoms with Crippen LogP contribution in [0.25, 0.3) is 11.3 Å². The molecule has 1 fully saturated rings. The number of nitrogens with one attached hydrogen (secondary N) is 2. The Morgan fingerprint density at radius 3 is 2.93 bits per heavy atom. The Kier molecular flexibility index (Phi) is 6.49. The molecule has 0 bridgehead atoms. The molecule has 1 atom stereocenters. The zero-order valence-electron chi connectivity index (χ0n) is 15.3. The maximum atomic E-state index is 12.1. The average Bonchev–Trinajstić information content (AvgIpc) is 3.20. The number of amides is 3. The maximum Gasteiger partial charge on any atom is 0.319 e. The summed E-state index contributed by atoms with van der Waals surface area (Å²) in [5, 5.41) is 5.71. The number of primary amides is 1. The molecule has 4 N–H and O–H groups in total. The zero-order valence-corrected chi connectivity index (χ0v) is 15.3. The van der Waals surface area contributed by atoms with Crippen LogP contribution < -0.4 is 16.4 Å². The quantitative estimate of drug-likeness (QED) is 0.652. The van der Waals surface area contributed by atoms with Gasteiger partial charge >= 0.3 is 6.03 Å². The first-order valence-electron chi connectivity index (χ1n) is 9.32. The third kappa shape index (κ3) is 5.59. The number of carbonyl (C=O) groups excluding carboxylic acids is 2. The molecule has 1 aromatic carbocycles. The molecule has 1 saturated heterocycles. The van der Waals surface area contributed by atoms with Gasteiger partial charge in [-0.1, -0.05) is 12.1 Å². The minimum absolute atomic E-state index is 0.0450. The van der Waals surface area contributed by atoms with E-state index in [1.54, 1.807) is 6.26 Å². The molecule has 1 aliphatic rings. The molecule has 0 spiro atoms. The Labute approximate surface area is 158 Å². The van der Waals surface area contributed by atoms with Crippen molar-refractivity contribution in [3.63, 3.8) is 0 Å². The number of nitrogens with two attached hydrogens (primary N) is 1. The maximum absolute atomic E-state index is 12.1. The fourth-order valence-corrected chi connectivity index (χ4v) is 3.36. The third-order valence-electron chi connectivity index (χ3n) is 4.77. The van der Waals surface area contributed by atoms with Crippen LogP contribution in [-0.2, 0) is 4.79 Å². The van der Waals surface area contributed by atoms with Crippen molar-refractivity contribution in [2.24, 2.45) is 11.7 Å². The zero-order chi connectivity index (χ0) is 19.1. The van der Waals surface area contributed by atoms with Gasteiger partial charge in [0.1, 0.15) is 5.76 Å². The molecule has 0 saturated carbocycles. The highest BCUT2D eigenvalue weighted by atomic mass is 16.3. The van der Waals surface area contributed by atoms with Crippen LogP contribution in [0, 0.1) is 5.92 Å². The SMILES string of the molecule is NC(=O)[C@@H]1CCCN(CCCNC(=O)Nc2cccc(-c3ccco3)c2)C1. The standard InChI is InChI=1S/C20H26N4O3/c21-19(25)16-6-2-10-24(14-16)11-4-9-22-20(26)23-17-7-1-5-15(13-17)18-8-3-12-27-18/h1,3,5,7-8,12-13,16H,2,4,6,9-11,14H2,(H2,21,25)(H2,22,23,26)/t16-/m1/s1. The van der Waals surface area contributed by atoms with Crippen molar-refractivity contribution in [3.05, 3.63) is 42.7 Å². The Balaban J connectivity index is 1.39. The molecule has 2 heterocycles. The summed E-state index contributed by atoms with van der Waals surface area (Å²) in [7, 11) is 0. The number of anilines is 1. The van der Waals surface area contributed by atoms with Crippen molar-refractivity contribution < 1.29 is 14.0 Å². The van der Waals surface area contributed by atoms with Crippen LogP contribution in [0.3, 0.4) is 0 Å². The largest absolute Gasteiger partial charge is 0.464 e. The fraction of sp³-hybridized carbons (Fsp3) is 0.400. The Bertz CT molecular complexity index is 760. The highest BCUT2D eigenvalue weighted by molar-refractivity contribution is 5.89. The van der Waals surface area contributed by atoms with E-state index in [4.69, 9.17) is 10.2 Å². The van der Waals surface area contributed by atoms with Crippen LogP contribution >= 0.6 is 0 Å². The van der Waals surface area contributed by atoms with Gasteiger partial charge < -0.3 is 25.7 Å². The van der Waals surface area contributed by atoms with Crippen LogP contribution in [-0.4, -0.2) is 43.0 Å². The van der Waals surface area contributed by atoms with Gasteiger partial charge in [-0.3, -0.25) is 4.79 Å². The lowest BCUT2D eigenvalue weighted by molar-refractivity contribution is -0.123. The third-order valence-corrected chi connectivity index (χ3v) is 4.77. The predicted octanol–water partition coefficient (Wildman–Crippen LogP) is 2.66. The summed E-state index contributed by atoms with van der Waals surface area (Å²) in [5.41, 5.74) is 7.02. The number of furan rings is 1. The van der Waals surface area contributed by atoms with E-state index in [-0.39, 0.29) is 17.9 Å². The molecule has 3 rings (SSSR count). The Morgan fingerprint density at radius 1 is 1.26 bits per heavy atom. The van der Waals surface area contributed by atoms with Crippen molar-refractivity contribution in [2.45, 2.75) is 19.3 Å². The molecular weight excluding hydrogens is 344 g/mol.